The fourth-order valence-electron chi connectivity index (χ4n) is 3.18. The number of benzene rings is 2. The van der Waals surface area contributed by atoms with Crippen molar-refractivity contribution in [2.24, 2.45) is 0 Å². The monoisotopic (exact) mass is 355 g/mol. The van der Waals surface area contributed by atoms with Crippen LogP contribution in [0, 0.1) is 0 Å². The number of rotatable bonds is 3. The first-order valence-corrected chi connectivity index (χ1v) is 8.25. The minimum absolute atomic E-state index is 0.0258. The highest BCUT2D eigenvalue weighted by atomic mass is 35.5. The first kappa shape index (κ1) is 15.7. The Kier molecular flexibility index (Phi) is 3.73. The second-order valence-corrected chi connectivity index (χ2v) is 6.48. The van der Waals surface area contributed by atoms with Gasteiger partial charge in [-0.1, -0.05) is 11.6 Å². The quantitative estimate of drug-likeness (QED) is 0.735. The van der Waals surface area contributed by atoms with Crippen LogP contribution in [0.3, 0.4) is 0 Å². The number of fused-ring (bicyclic) bond motifs is 2. The van der Waals surface area contributed by atoms with Crippen LogP contribution in [0.25, 0.3) is 22.3 Å². The predicted molar refractivity (Wildman–Crippen MR) is 95.0 cm³/mol. The number of aryl methyl sites for hydroxylation is 1. The summed E-state index contributed by atoms with van der Waals surface area (Å²) in [5.74, 6) is -0.436. The molecule has 2 N–H and O–H groups in total. The van der Waals surface area contributed by atoms with E-state index in [1.54, 1.807) is 30.3 Å². The van der Waals surface area contributed by atoms with Gasteiger partial charge in [0.15, 0.2) is 0 Å². The van der Waals surface area contributed by atoms with Gasteiger partial charge < -0.3 is 14.8 Å². The van der Waals surface area contributed by atoms with E-state index >= 15 is 0 Å². The van der Waals surface area contributed by atoms with E-state index in [1.165, 1.54) is 0 Å². The number of anilines is 1. The lowest BCUT2D eigenvalue weighted by Gasteiger charge is -2.16. The number of furan rings is 1. The average molecular weight is 356 g/mol. The van der Waals surface area contributed by atoms with Crippen molar-refractivity contribution in [3.8, 4) is 11.3 Å². The van der Waals surface area contributed by atoms with Crippen LogP contribution in [-0.2, 0) is 22.4 Å². The van der Waals surface area contributed by atoms with Crippen LogP contribution in [0.2, 0.25) is 5.02 Å². The molecule has 0 fully saturated rings. The van der Waals surface area contributed by atoms with E-state index in [0.717, 1.165) is 22.2 Å². The smallest absolute Gasteiger partial charge is 0.307 e. The Morgan fingerprint density at radius 3 is 2.68 bits per heavy atom. The molecule has 6 heteroatoms. The number of carboxylic acids is 1. The number of aliphatic carboxylic acids is 1. The molecule has 5 nitrogen and oxygen atoms in total. The van der Waals surface area contributed by atoms with E-state index in [1.807, 2.05) is 6.07 Å². The molecule has 2 aromatic carbocycles. The number of amides is 1. The third-order valence-electron chi connectivity index (χ3n) is 4.35. The molecule has 0 atom stereocenters. The van der Waals surface area contributed by atoms with Crippen molar-refractivity contribution in [1.29, 1.82) is 0 Å². The van der Waals surface area contributed by atoms with Crippen molar-refractivity contribution in [1.82, 2.24) is 0 Å². The molecule has 0 spiro atoms. The van der Waals surface area contributed by atoms with E-state index < -0.39 is 5.97 Å². The molecular formula is C19H14ClNO4. The van der Waals surface area contributed by atoms with E-state index in [9.17, 15) is 14.7 Å². The molecule has 126 valence electrons. The molecular weight excluding hydrogens is 342 g/mol. The van der Waals surface area contributed by atoms with Crippen LogP contribution >= 0.6 is 11.6 Å². The van der Waals surface area contributed by atoms with Gasteiger partial charge >= 0.3 is 5.97 Å². The fourth-order valence-corrected chi connectivity index (χ4v) is 3.31. The number of nitrogens with one attached hydrogen (secondary N) is 1. The van der Waals surface area contributed by atoms with E-state index in [0.29, 0.717) is 34.8 Å². The average Bonchev–Trinajstić information content (AvgIpc) is 2.90. The highest BCUT2D eigenvalue weighted by Crippen LogP contribution is 2.38. The molecule has 0 saturated carbocycles. The standard InChI is InChI=1S/C19H14ClNO4/c20-12-4-1-10(2-5-12)19-14(8-18(23)24)13-7-11-3-6-17(22)21-15(11)9-16(13)25-19/h1-2,4-5,7,9H,3,6,8H2,(H,21,22)(H,23,24). The van der Waals surface area contributed by atoms with Gasteiger partial charge in [0.05, 0.1) is 6.42 Å². The van der Waals surface area contributed by atoms with Crippen LogP contribution in [-0.4, -0.2) is 17.0 Å². The Balaban J connectivity index is 1.93. The van der Waals surface area contributed by atoms with Crippen LogP contribution in [0.4, 0.5) is 5.69 Å². The third kappa shape index (κ3) is 2.87. The van der Waals surface area contributed by atoms with Gasteiger partial charge in [0, 0.05) is 39.7 Å². The van der Waals surface area contributed by atoms with Crippen LogP contribution in [0.1, 0.15) is 17.5 Å². The lowest BCUT2D eigenvalue weighted by molar-refractivity contribution is -0.136. The highest BCUT2D eigenvalue weighted by molar-refractivity contribution is 6.30. The first-order chi connectivity index (χ1) is 12.0. The Morgan fingerprint density at radius 1 is 1.20 bits per heavy atom. The van der Waals surface area contributed by atoms with Crippen molar-refractivity contribution in [3.05, 3.63) is 52.5 Å². The molecule has 2 heterocycles. The number of carbonyl (C=O) groups excluding carboxylic acids is 1. The van der Waals surface area contributed by atoms with Gasteiger partial charge in [0.25, 0.3) is 0 Å². The molecule has 1 aliphatic rings. The van der Waals surface area contributed by atoms with E-state index in [4.69, 9.17) is 16.0 Å². The maximum Gasteiger partial charge on any atom is 0.307 e. The topological polar surface area (TPSA) is 79.5 Å². The second kappa shape index (κ2) is 5.93. The Bertz CT molecular complexity index is 1000. The zero-order valence-corrected chi connectivity index (χ0v) is 13.9. The number of halogens is 1. The third-order valence-corrected chi connectivity index (χ3v) is 4.60. The summed E-state index contributed by atoms with van der Waals surface area (Å²) < 4.78 is 5.97. The SMILES string of the molecule is O=C(O)Cc1c(-c2ccc(Cl)cc2)oc2cc3c(cc12)CCC(=O)N3. The van der Waals surface area contributed by atoms with Crippen molar-refractivity contribution in [3.63, 3.8) is 0 Å². The predicted octanol–water partition coefficient (Wildman–Crippen LogP) is 4.27. The summed E-state index contributed by atoms with van der Waals surface area (Å²) in [6, 6.07) is 10.8. The highest BCUT2D eigenvalue weighted by Gasteiger charge is 2.22. The van der Waals surface area contributed by atoms with Crippen molar-refractivity contribution in [2.45, 2.75) is 19.3 Å². The van der Waals surface area contributed by atoms with Gasteiger partial charge in [-0.15, -0.1) is 0 Å². The second-order valence-electron chi connectivity index (χ2n) is 6.04. The number of carbonyl (C=O) groups is 2. The van der Waals surface area contributed by atoms with Gasteiger partial charge in [0.1, 0.15) is 11.3 Å². The van der Waals surface area contributed by atoms with Crippen LogP contribution in [0.15, 0.2) is 40.8 Å². The summed E-state index contributed by atoms with van der Waals surface area (Å²) in [5, 5.41) is 13.5. The normalized spacial score (nSPS) is 13.6. The summed E-state index contributed by atoms with van der Waals surface area (Å²) in [6.45, 7) is 0. The minimum Gasteiger partial charge on any atom is -0.481 e. The Labute approximate surface area is 148 Å². The molecule has 0 saturated heterocycles. The summed E-state index contributed by atoms with van der Waals surface area (Å²) in [6.07, 6.45) is 0.913. The Hall–Kier alpha value is -2.79. The molecule has 25 heavy (non-hydrogen) atoms. The summed E-state index contributed by atoms with van der Waals surface area (Å²) in [7, 11) is 0. The summed E-state index contributed by atoms with van der Waals surface area (Å²) in [4.78, 5) is 23.0. The molecule has 3 aromatic rings. The van der Waals surface area contributed by atoms with E-state index in [2.05, 4.69) is 5.32 Å². The Morgan fingerprint density at radius 2 is 1.96 bits per heavy atom. The lowest BCUT2D eigenvalue weighted by Crippen LogP contribution is -2.18. The molecule has 0 unspecified atom stereocenters. The summed E-state index contributed by atoms with van der Waals surface area (Å²) in [5.41, 5.74) is 3.66. The van der Waals surface area contributed by atoms with Crippen molar-refractivity contribution >= 4 is 40.1 Å². The zero-order valence-electron chi connectivity index (χ0n) is 13.1. The van der Waals surface area contributed by atoms with Gasteiger partial charge in [0.2, 0.25) is 5.91 Å². The molecule has 4 rings (SSSR count). The first-order valence-electron chi connectivity index (χ1n) is 7.87. The molecule has 0 bridgehead atoms. The lowest BCUT2D eigenvalue weighted by atomic mass is 9.97. The molecule has 1 aliphatic heterocycles. The zero-order chi connectivity index (χ0) is 17.6. The van der Waals surface area contributed by atoms with Gasteiger partial charge in [-0.25, -0.2) is 0 Å². The van der Waals surface area contributed by atoms with Gasteiger partial charge in [-0.2, -0.15) is 0 Å². The van der Waals surface area contributed by atoms with Crippen molar-refractivity contribution in [2.75, 3.05) is 5.32 Å². The van der Waals surface area contributed by atoms with Crippen LogP contribution < -0.4 is 5.32 Å². The largest absolute Gasteiger partial charge is 0.481 e. The van der Waals surface area contributed by atoms with Crippen LogP contribution in [0.5, 0.6) is 0 Å². The number of hydrogen-bond donors (Lipinski definition) is 2. The molecule has 1 aromatic heterocycles. The minimum atomic E-state index is -0.927. The molecule has 0 radical (unpaired) electrons. The van der Waals surface area contributed by atoms with Crippen molar-refractivity contribution < 1.29 is 19.1 Å². The number of carboxylic acid groups (broad SMARTS) is 1. The van der Waals surface area contributed by atoms with Gasteiger partial charge in [-0.3, -0.25) is 9.59 Å². The molecule has 1 amide bonds. The maximum absolute atomic E-state index is 11.6. The van der Waals surface area contributed by atoms with E-state index in [-0.39, 0.29) is 12.3 Å². The number of hydrogen-bond acceptors (Lipinski definition) is 3. The maximum atomic E-state index is 11.6. The fraction of sp³-hybridized carbons (Fsp3) is 0.158. The molecule has 0 aliphatic carbocycles. The van der Waals surface area contributed by atoms with Gasteiger partial charge in [-0.05, 0) is 42.3 Å². The summed E-state index contributed by atoms with van der Waals surface area (Å²) >= 11 is 5.94.